The maximum Gasteiger partial charge on any atom is 0.309 e. The molecule has 7 rings (SSSR count). The number of allylic oxidation sites excluding steroid dienone is 2. The summed E-state index contributed by atoms with van der Waals surface area (Å²) in [6.45, 7) is 12.8. The summed E-state index contributed by atoms with van der Waals surface area (Å²) in [7, 11) is 0. The summed E-state index contributed by atoms with van der Waals surface area (Å²) in [4.78, 5) is 12.4. The maximum atomic E-state index is 12.4. The van der Waals surface area contributed by atoms with E-state index in [1.165, 1.54) is 44.9 Å². The largest absolute Gasteiger partial charge is 0.481 e. The molecule has 4 nitrogen and oxygen atoms in total. The topological polar surface area (TPSA) is 66.8 Å². The molecule has 0 aromatic heterocycles. The van der Waals surface area contributed by atoms with Crippen LogP contribution < -0.4 is 0 Å². The Kier molecular flexibility index (Phi) is 4.58. The highest BCUT2D eigenvalue weighted by atomic mass is 16.6. The number of carboxylic acid groups (broad SMARTS) is 1. The van der Waals surface area contributed by atoms with Gasteiger partial charge in [0.25, 0.3) is 0 Å². The fourth-order valence-corrected chi connectivity index (χ4v) is 12.9. The van der Waals surface area contributed by atoms with Gasteiger partial charge in [-0.3, -0.25) is 4.79 Å². The summed E-state index contributed by atoms with van der Waals surface area (Å²) >= 11 is 0. The first kappa shape index (κ1) is 24.2. The summed E-state index contributed by atoms with van der Waals surface area (Å²) in [6.07, 6.45) is 17.1. The maximum absolute atomic E-state index is 12.4. The number of hydrogen-bond donors (Lipinski definition) is 2. The van der Waals surface area contributed by atoms with Gasteiger partial charge in [0.05, 0.1) is 12.0 Å². The number of carboxylic acids is 1. The number of hydrogen-bond acceptors (Lipinski definition) is 3. The molecule has 2 bridgehead atoms. The second-order valence-corrected chi connectivity index (χ2v) is 16.0. The second kappa shape index (κ2) is 6.82. The van der Waals surface area contributed by atoms with Crippen molar-refractivity contribution in [3.63, 3.8) is 0 Å². The molecule has 5 saturated carbocycles. The molecule has 6 fully saturated rings. The molecule has 7 aliphatic rings. The molecule has 12 unspecified atom stereocenters. The van der Waals surface area contributed by atoms with Crippen molar-refractivity contribution in [1.29, 1.82) is 0 Å². The minimum atomic E-state index is -0.944. The predicted octanol–water partition coefficient (Wildman–Crippen LogP) is 6.82. The molecule has 0 amide bonds. The van der Waals surface area contributed by atoms with Gasteiger partial charge in [-0.15, -0.1) is 0 Å². The Bertz CT molecular complexity index is 1040. The van der Waals surface area contributed by atoms with Gasteiger partial charge in [-0.1, -0.05) is 39.8 Å². The van der Waals surface area contributed by atoms with Crippen LogP contribution in [0.3, 0.4) is 0 Å². The zero-order valence-electron chi connectivity index (χ0n) is 23.2. The molecule has 4 heteroatoms. The van der Waals surface area contributed by atoms with Crippen LogP contribution in [0.4, 0.5) is 0 Å². The molecule has 0 radical (unpaired) electrons. The highest BCUT2D eigenvalue weighted by molar-refractivity contribution is 5.74. The Morgan fingerprint density at radius 2 is 1.58 bits per heavy atom. The van der Waals surface area contributed by atoms with Gasteiger partial charge >= 0.3 is 5.97 Å². The lowest BCUT2D eigenvalue weighted by molar-refractivity contribution is -0.280. The monoisotopic (exact) mass is 496 g/mol. The van der Waals surface area contributed by atoms with E-state index in [2.05, 4.69) is 39.8 Å². The standard InChI is InChI=1S/C32H48O4/c1-20-31-10-8-22-28(4)14-13-26(2)11-12-27(3,25(33)34)18-23(26)29(28,5)15-16-30(22)9-6-7-21(24(30)31)17-32(20,35)36-19-31/h6-7,20-24,35H,8-19H2,1-5H3,(H,33,34). The zero-order chi connectivity index (χ0) is 25.6. The van der Waals surface area contributed by atoms with Gasteiger partial charge in [0.1, 0.15) is 0 Å². The highest BCUT2D eigenvalue weighted by Crippen LogP contribution is 2.81. The first-order valence-corrected chi connectivity index (χ1v) is 15.1. The molecular formula is C32H48O4. The van der Waals surface area contributed by atoms with Crippen LogP contribution in [-0.2, 0) is 9.53 Å². The van der Waals surface area contributed by atoms with Crippen molar-refractivity contribution in [1.82, 2.24) is 0 Å². The Morgan fingerprint density at radius 1 is 0.889 bits per heavy atom. The van der Waals surface area contributed by atoms with Crippen molar-refractivity contribution >= 4 is 5.97 Å². The van der Waals surface area contributed by atoms with Gasteiger partial charge in [-0.05, 0) is 116 Å². The molecule has 1 aliphatic heterocycles. The molecule has 12 atom stereocenters. The van der Waals surface area contributed by atoms with Crippen LogP contribution in [0.1, 0.15) is 105 Å². The summed E-state index contributed by atoms with van der Waals surface area (Å²) in [5.41, 5.74) is 0.516. The van der Waals surface area contributed by atoms with E-state index in [4.69, 9.17) is 4.74 Å². The van der Waals surface area contributed by atoms with Gasteiger partial charge in [0.15, 0.2) is 5.79 Å². The normalized spacial score (nSPS) is 63.0. The lowest BCUT2D eigenvalue weighted by atomic mass is 9.28. The van der Waals surface area contributed by atoms with Crippen molar-refractivity contribution in [2.75, 3.05) is 6.61 Å². The van der Waals surface area contributed by atoms with E-state index < -0.39 is 17.2 Å². The van der Waals surface area contributed by atoms with Gasteiger partial charge in [0, 0.05) is 17.8 Å². The van der Waals surface area contributed by atoms with Crippen LogP contribution in [0.2, 0.25) is 0 Å². The SMILES string of the molecule is CC1C2(O)CC3C=CCC45CCC6(C)C7CC(C)(C(=O)O)CCC7(C)CCC6(C)C4CCC1(CO2)C35. The van der Waals surface area contributed by atoms with Gasteiger partial charge < -0.3 is 14.9 Å². The number of fused-ring (bicyclic) bond motifs is 5. The van der Waals surface area contributed by atoms with Crippen LogP contribution in [0.15, 0.2) is 12.2 Å². The molecule has 6 aliphatic carbocycles. The quantitative estimate of drug-likeness (QED) is 0.391. The van der Waals surface area contributed by atoms with Crippen LogP contribution in [0.5, 0.6) is 0 Å². The Hall–Kier alpha value is -0.870. The predicted molar refractivity (Wildman–Crippen MR) is 139 cm³/mol. The third kappa shape index (κ3) is 2.49. The minimum Gasteiger partial charge on any atom is -0.481 e. The number of rotatable bonds is 1. The van der Waals surface area contributed by atoms with Crippen LogP contribution >= 0.6 is 0 Å². The fraction of sp³-hybridized carbons (Fsp3) is 0.906. The molecule has 2 N–H and O–H groups in total. The van der Waals surface area contributed by atoms with Crippen LogP contribution in [-0.4, -0.2) is 28.6 Å². The minimum absolute atomic E-state index is 0.110. The highest BCUT2D eigenvalue weighted by Gasteiger charge is 2.76. The summed E-state index contributed by atoms with van der Waals surface area (Å²) in [5, 5.41) is 21.7. The summed E-state index contributed by atoms with van der Waals surface area (Å²) < 4.78 is 6.27. The Balaban J connectivity index is 1.32. The summed E-state index contributed by atoms with van der Waals surface area (Å²) in [5.74, 6) is 0.868. The molecule has 0 aromatic rings. The van der Waals surface area contributed by atoms with Crippen molar-refractivity contribution in [2.45, 2.75) is 111 Å². The average molecular weight is 497 g/mol. The van der Waals surface area contributed by atoms with E-state index in [1.807, 2.05) is 6.92 Å². The molecule has 1 saturated heterocycles. The van der Waals surface area contributed by atoms with Crippen LogP contribution in [0, 0.1) is 62.1 Å². The lowest BCUT2D eigenvalue weighted by Gasteiger charge is -2.76. The number of aliphatic hydroxyl groups is 1. The van der Waals surface area contributed by atoms with E-state index in [0.717, 1.165) is 32.3 Å². The molecule has 36 heavy (non-hydrogen) atoms. The van der Waals surface area contributed by atoms with Gasteiger partial charge in [0.2, 0.25) is 0 Å². The lowest BCUT2D eigenvalue weighted by Crippen LogP contribution is -2.70. The molecule has 1 heterocycles. The van der Waals surface area contributed by atoms with E-state index in [1.54, 1.807) is 0 Å². The van der Waals surface area contributed by atoms with Crippen molar-refractivity contribution in [3.05, 3.63) is 12.2 Å². The number of carbonyl (C=O) groups is 1. The van der Waals surface area contributed by atoms with E-state index in [0.29, 0.717) is 29.1 Å². The third-order valence-corrected chi connectivity index (χ3v) is 15.2. The van der Waals surface area contributed by atoms with E-state index in [9.17, 15) is 15.0 Å². The number of aliphatic carboxylic acids is 1. The third-order valence-electron chi connectivity index (χ3n) is 15.2. The second-order valence-electron chi connectivity index (χ2n) is 16.0. The molecule has 200 valence electrons. The first-order chi connectivity index (χ1) is 16.8. The molecular weight excluding hydrogens is 448 g/mol. The van der Waals surface area contributed by atoms with Crippen molar-refractivity contribution < 1.29 is 19.7 Å². The zero-order valence-corrected chi connectivity index (χ0v) is 23.2. The van der Waals surface area contributed by atoms with Gasteiger partial charge in [-0.2, -0.15) is 0 Å². The van der Waals surface area contributed by atoms with Crippen molar-refractivity contribution in [3.8, 4) is 0 Å². The summed E-state index contributed by atoms with van der Waals surface area (Å²) in [6, 6.07) is 0. The Morgan fingerprint density at radius 3 is 2.33 bits per heavy atom. The smallest absolute Gasteiger partial charge is 0.309 e. The van der Waals surface area contributed by atoms with Crippen LogP contribution in [0.25, 0.3) is 0 Å². The molecule has 2 spiro atoms. The van der Waals surface area contributed by atoms with E-state index >= 15 is 0 Å². The first-order valence-electron chi connectivity index (χ1n) is 15.1. The molecule has 0 aromatic carbocycles. The van der Waals surface area contributed by atoms with Crippen molar-refractivity contribution in [2.24, 2.45) is 62.1 Å². The van der Waals surface area contributed by atoms with E-state index in [-0.39, 0.29) is 27.6 Å². The Labute approximate surface area is 217 Å². The average Bonchev–Trinajstić information content (AvgIpc) is 2.98. The van der Waals surface area contributed by atoms with Gasteiger partial charge in [-0.25, -0.2) is 0 Å². The number of ether oxygens (including phenoxy) is 1. The fourth-order valence-electron chi connectivity index (χ4n) is 12.9.